The van der Waals surface area contributed by atoms with Gasteiger partial charge in [0.05, 0.1) is 11.7 Å². The Labute approximate surface area is 99.5 Å². The minimum Gasteiger partial charge on any atom is -0.351 e. The smallest absolute Gasteiger partial charge is 0.263 e. The summed E-state index contributed by atoms with van der Waals surface area (Å²) in [7, 11) is 0. The number of rotatable bonds is 3. The molecule has 1 aliphatic heterocycles. The van der Waals surface area contributed by atoms with E-state index < -0.39 is 0 Å². The van der Waals surface area contributed by atoms with E-state index in [0.29, 0.717) is 4.88 Å². The maximum atomic E-state index is 11.7. The third-order valence-electron chi connectivity index (χ3n) is 3.14. The molecule has 1 aromatic heterocycles. The highest BCUT2D eigenvalue weighted by Gasteiger charge is 2.27. The lowest BCUT2D eigenvalue weighted by molar-refractivity contribution is 0.0926. The number of carbonyl (C=O) groups excluding carboxylic acids is 1. The van der Waals surface area contributed by atoms with Crippen molar-refractivity contribution >= 4 is 17.2 Å². The molecule has 1 fully saturated rings. The monoisotopic (exact) mass is 239 g/mol. The van der Waals surface area contributed by atoms with E-state index in [1.54, 1.807) is 11.7 Å². The number of aromatic nitrogens is 1. The largest absolute Gasteiger partial charge is 0.351 e. The predicted molar refractivity (Wildman–Crippen MR) is 64.7 cm³/mol. The number of carbonyl (C=O) groups is 1. The molecule has 0 bridgehead atoms. The lowest BCUT2D eigenvalue weighted by Crippen LogP contribution is -2.42. The summed E-state index contributed by atoms with van der Waals surface area (Å²) in [6.45, 7) is 5.09. The second-order valence-electron chi connectivity index (χ2n) is 4.61. The molecule has 88 valence electrons. The van der Waals surface area contributed by atoms with Crippen molar-refractivity contribution < 1.29 is 4.79 Å². The van der Waals surface area contributed by atoms with Crippen molar-refractivity contribution in [3.63, 3.8) is 0 Å². The van der Waals surface area contributed by atoms with Crippen molar-refractivity contribution in [3.05, 3.63) is 16.6 Å². The van der Waals surface area contributed by atoms with Gasteiger partial charge in [0.25, 0.3) is 5.91 Å². The molecule has 16 heavy (non-hydrogen) atoms. The summed E-state index contributed by atoms with van der Waals surface area (Å²) in [5.41, 5.74) is 1.92. The van der Waals surface area contributed by atoms with Gasteiger partial charge < -0.3 is 10.6 Å². The maximum absolute atomic E-state index is 11.7. The zero-order chi connectivity index (χ0) is 11.4. The molecule has 1 aromatic rings. The highest BCUT2D eigenvalue weighted by Crippen LogP contribution is 2.26. The van der Waals surface area contributed by atoms with Crippen LogP contribution in [0.5, 0.6) is 0 Å². The van der Waals surface area contributed by atoms with Gasteiger partial charge in [0.1, 0.15) is 4.88 Å². The lowest BCUT2D eigenvalue weighted by atomic mass is 9.81. The van der Waals surface area contributed by atoms with Gasteiger partial charge in [-0.1, -0.05) is 6.92 Å². The lowest BCUT2D eigenvalue weighted by Gasteiger charge is -2.34. The van der Waals surface area contributed by atoms with E-state index in [2.05, 4.69) is 22.5 Å². The second kappa shape index (κ2) is 4.93. The van der Waals surface area contributed by atoms with Crippen LogP contribution < -0.4 is 10.6 Å². The normalized spacial score (nSPS) is 19.3. The van der Waals surface area contributed by atoms with Gasteiger partial charge in [0.15, 0.2) is 0 Å². The molecule has 0 spiro atoms. The summed E-state index contributed by atoms with van der Waals surface area (Å²) in [5, 5.41) is 6.33. The van der Waals surface area contributed by atoms with Crippen LogP contribution in [-0.2, 0) is 0 Å². The van der Waals surface area contributed by atoms with Crippen LogP contribution in [0, 0.1) is 5.41 Å². The van der Waals surface area contributed by atoms with Gasteiger partial charge in [0.2, 0.25) is 0 Å². The molecule has 1 saturated heterocycles. The first-order valence-corrected chi connectivity index (χ1v) is 6.45. The number of amides is 1. The van der Waals surface area contributed by atoms with Gasteiger partial charge >= 0.3 is 0 Å². The van der Waals surface area contributed by atoms with E-state index in [1.165, 1.54) is 11.3 Å². The Balaban J connectivity index is 1.84. The number of hydrogen-bond acceptors (Lipinski definition) is 4. The molecular weight excluding hydrogens is 222 g/mol. The highest BCUT2D eigenvalue weighted by molar-refractivity contribution is 7.11. The standard InChI is InChI=1S/C11H17N3OS/c1-11(2-4-12-5-3-11)7-14-10(15)9-6-13-8-16-9/h6,8,12H,2-5,7H2,1H3,(H,14,15). The molecule has 2 rings (SSSR count). The van der Waals surface area contributed by atoms with Crippen LogP contribution in [0.4, 0.5) is 0 Å². The predicted octanol–water partition coefficient (Wildman–Crippen LogP) is 1.26. The van der Waals surface area contributed by atoms with E-state index in [9.17, 15) is 4.79 Å². The Morgan fingerprint density at radius 1 is 1.62 bits per heavy atom. The Hall–Kier alpha value is -0.940. The SMILES string of the molecule is CC1(CNC(=O)c2cncs2)CCNCC1. The zero-order valence-corrected chi connectivity index (χ0v) is 10.3. The molecule has 2 N–H and O–H groups in total. The van der Waals surface area contributed by atoms with Gasteiger partial charge in [-0.05, 0) is 31.3 Å². The van der Waals surface area contributed by atoms with E-state index >= 15 is 0 Å². The van der Waals surface area contributed by atoms with Gasteiger partial charge in [-0.2, -0.15) is 0 Å². The molecule has 1 aliphatic rings. The number of piperidine rings is 1. The average Bonchev–Trinajstić information content (AvgIpc) is 2.80. The van der Waals surface area contributed by atoms with Crippen molar-refractivity contribution in [3.8, 4) is 0 Å². The van der Waals surface area contributed by atoms with E-state index in [1.807, 2.05) is 0 Å². The molecule has 0 atom stereocenters. The van der Waals surface area contributed by atoms with E-state index in [4.69, 9.17) is 0 Å². The second-order valence-corrected chi connectivity index (χ2v) is 5.50. The first kappa shape index (κ1) is 11.5. The first-order chi connectivity index (χ1) is 7.70. The summed E-state index contributed by atoms with van der Waals surface area (Å²) >= 11 is 1.38. The van der Waals surface area contributed by atoms with Crippen LogP contribution in [0.25, 0.3) is 0 Å². The summed E-state index contributed by atoms with van der Waals surface area (Å²) in [6.07, 6.45) is 3.86. The highest BCUT2D eigenvalue weighted by atomic mass is 32.1. The Morgan fingerprint density at radius 3 is 3.00 bits per heavy atom. The van der Waals surface area contributed by atoms with Crippen LogP contribution in [0.15, 0.2) is 11.7 Å². The summed E-state index contributed by atoms with van der Waals surface area (Å²) in [6, 6.07) is 0. The summed E-state index contributed by atoms with van der Waals surface area (Å²) < 4.78 is 0. The number of nitrogens with one attached hydrogen (secondary N) is 2. The minimum atomic E-state index is 0.00209. The molecule has 5 heteroatoms. The molecule has 0 saturated carbocycles. The van der Waals surface area contributed by atoms with Crippen LogP contribution in [0.2, 0.25) is 0 Å². The fourth-order valence-corrected chi connectivity index (χ4v) is 2.45. The maximum Gasteiger partial charge on any atom is 0.263 e. The molecule has 2 heterocycles. The van der Waals surface area contributed by atoms with Gasteiger partial charge in [0, 0.05) is 6.54 Å². The van der Waals surface area contributed by atoms with Crippen LogP contribution in [0.3, 0.4) is 0 Å². The first-order valence-electron chi connectivity index (χ1n) is 5.57. The summed E-state index contributed by atoms with van der Waals surface area (Å²) in [4.78, 5) is 16.3. The molecule has 0 radical (unpaired) electrons. The quantitative estimate of drug-likeness (QED) is 0.835. The van der Waals surface area contributed by atoms with E-state index in [-0.39, 0.29) is 11.3 Å². The van der Waals surface area contributed by atoms with Crippen LogP contribution >= 0.6 is 11.3 Å². The van der Waals surface area contributed by atoms with Gasteiger partial charge in [-0.15, -0.1) is 11.3 Å². The Morgan fingerprint density at radius 2 is 2.38 bits per heavy atom. The molecule has 4 nitrogen and oxygen atoms in total. The minimum absolute atomic E-state index is 0.00209. The van der Waals surface area contributed by atoms with Crippen molar-refractivity contribution in [2.75, 3.05) is 19.6 Å². The van der Waals surface area contributed by atoms with Crippen molar-refractivity contribution in [1.29, 1.82) is 0 Å². The Kier molecular flexibility index (Phi) is 3.56. The third kappa shape index (κ3) is 2.80. The molecule has 1 amide bonds. The molecular formula is C11H17N3OS. The van der Waals surface area contributed by atoms with Crippen LogP contribution in [-0.4, -0.2) is 30.5 Å². The van der Waals surface area contributed by atoms with Crippen LogP contribution in [0.1, 0.15) is 29.4 Å². The van der Waals surface area contributed by atoms with Crippen molar-refractivity contribution in [1.82, 2.24) is 15.6 Å². The fraction of sp³-hybridized carbons (Fsp3) is 0.636. The molecule has 0 unspecified atom stereocenters. The van der Waals surface area contributed by atoms with Gasteiger partial charge in [-0.25, -0.2) is 0 Å². The average molecular weight is 239 g/mol. The van der Waals surface area contributed by atoms with Crippen molar-refractivity contribution in [2.45, 2.75) is 19.8 Å². The number of nitrogens with zero attached hydrogens (tertiary/aromatic N) is 1. The number of thiazole rings is 1. The zero-order valence-electron chi connectivity index (χ0n) is 9.45. The van der Waals surface area contributed by atoms with Gasteiger partial charge in [-0.3, -0.25) is 9.78 Å². The molecule has 0 aromatic carbocycles. The number of hydrogen-bond donors (Lipinski definition) is 2. The fourth-order valence-electron chi connectivity index (χ4n) is 1.92. The third-order valence-corrected chi connectivity index (χ3v) is 3.91. The molecule has 0 aliphatic carbocycles. The van der Waals surface area contributed by atoms with E-state index in [0.717, 1.165) is 32.5 Å². The van der Waals surface area contributed by atoms with Crippen molar-refractivity contribution in [2.24, 2.45) is 5.41 Å². The topological polar surface area (TPSA) is 54.0 Å². The Bertz CT molecular complexity index is 344. The summed E-state index contributed by atoms with van der Waals surface area (Å²) in [5.74, 6) is 0.00209.